The summed E-state index contributed by atoms with van der Waals surface area (Å²) in [6, 6.07) is 10.0. The third-order valence-electron chi connectivity index (χ3n) is 6.23. The monoisotopic (exact) mass is 499 g/mol. The summed E-state index contributed by atoms with van der Waals surface area (Å²) in [5, 5.41) is 0. The summed E-state index contributed by atoms with van der Waals surface area (Å²) in [6.07, 6.45) is 13.8. The molecule has 1 atom stereocenters. The Morgan fingerprint density at radius 1 is 0.667 bits per heavy atom. The fourth-order valence-corrected chi connectivity index (χ4v) is 4.02. The van der Waals surface area contributed by atoms with Gasteiger partial charge in [-0.05, 0) is 62.3 Å². The van der Waals surface area contributed by atoms with Crippen LogP contribution in [0.2, 0.25) is 0 Å². The van der Waals surface area contributed by atoms with Crippen LogP contribution < -0.4 is 14.2 Å². The van der Waals surface area contributed by atoms with Crippen LogP contribution in [0.1, 0.15) is 84.5 Å². The van der Waals surface area contributed by atoms with E-state index in [0.29, 0.717) is 12.5 Å². The third-order valence-corrected chi connectivity index (χ3v) is 6.23. The molecule has 1 aromatic carbocycles. The molecule has 36 heavy (non-hydrogen) atoms. The average Bonchev–Trinajstić information content (AvgIpc) is 3.32. The highest BCUT2D eigenvalue weighted by molar-refractivity contribution is 5.67. The molecule has 1 aromatic heterocycles. The molecule has 6 heteroatoms. The number of rotatable bonds is 20. The van der Waals surface area contributed by atoms with E-state index in [1.165, 1.54) is 32.1 Å². The fourth-order valence-electron chi connectivity index (χ4n) is 4.02. The summed E-state index contributed by atoms with van der Waals surface area (Å²) in [4.78, 5) is 4.47. The highest BCUT2D eigenvalue weighted by atomic mass is 16.7. The number of pyridine rings is 1. The molecule has 6 nitrogen and oxygen atoms in total. The van der Waals surface area contributed by atoms with Gasteiger partial charge in [-0.25, -0.2) is 4.98 Å². The number of unbranched alkanes of at least 4 members (excludes halogenated alkanes) is 6. The van der Waals surface area contributed by atoms with Gasteiger partial charge in [0.15, 0.2) is 11.5 Å². The first-order valence-corrected chi connectivity index (χ1v) is 14.0. The first-order valence-electron chi connectivity index (χ1n) is 14.0. The molecule has 0 saturated heterocycles. The smallest absolute Gasteiger partial charge is 0.241 e. The first-order chi connectivity index (χ1) is 17.8. The number of nitrogens with zero attached hydrogens (tertiary/aromatic N) is 1. The Labute approximate surface area is 217 Å². The van der Waals surface area contributed by atoms with Crippen LogP contribution in [-0.2, 0) is 9.47 Å². The molecule has 200 valence electrons. The molecule has 0 bridgehead atoms. The molecule has 0 aliphatic carbocycles. The minimum atomic E-state index is -0.217. The van der Waals surface area contributed by atoms with Gasteiger partial charge in [0.25, 0.3) is 0 Å². The number of aromatic nitrogens is 1. The Hall–Kier alpha value is -2.31. The molecule has 0 amide bonds. The predicted octanol–water partition coefficient (Wildman–Crippen LogP) is 7.59. The standard InChI is InChI=1S/C30H45NO5/c1-3-5-7-9-19-33-20-10-8-13-30-35-27-16-14-25(23-28(27)36-30)26-15-17-29(31-24-26)34-22-12-11-21-32-18-6-4-2/h14-17,23-24,30H,3-13,18-22H2,1-2H3. The molecule has 0 spiro atoms. The Bertz CT molecular complexity index is 842. The van der Waals surface area contributed by atoms with Crippen LogP contribution in [0, 0.1) is 0 Å². The summed E-state index contributed by atoms with van der Waals surface area (Å²) in [5.74, 6) is 2.25. The predicted molar refractivity (Wildman–Crippen MR) is 144 cm³/mol. The van der Waals surface area contributed by atoms with E-state index in [-0.39, 0.29) is 6.29 Å². The summed E-state index contributed by atoms with van der Waals surface area (Å²) in [5.41, 5.74) is 2.08. The molecule has 0 saturated carbocycles. The van der Waals surface area contributed by atoms with Crippen LogP contribution in [0.4, 0.5) is 0 Å². The summed E-state index contributed by atoms with van der Waals surface area (Å²) < 4.78 is 29.1. The maximum absolute atomic E-state index is 6.05. The van der Waals surface area contributed by atoms with E-state index < -0.39 is 0 Å². The molecule has 3 rings (SSSR count). The topological polar surface area (TPSA) is 59.0 Å². The van der Waals surface area contributed by atoms with E-state index >= 15 is 0 Å². The van der Waals surface area contributed by atoms with Gasteiger partial charge in [0, 0.05) is 50.7 Å². The average molecular weight is 500 g/mol. The maximum Gasteiger partial charge on any atom is 0.241 e. The molecule has 1 aliphatic rings. The zero-order valence-corrected chi connectivity index (χ0v) is 22.3. The van der Waals surface area contributed by atoms with Gasteiger partial charge < -0.3 is 23.7 Å². The van der Waals surface area contributed by atoms with Crippen LogP contribution in [0.15, 0.2) is 36.5 Å². The van der Waals surface area contributed by atoms with Crippen LogP contribution in [0.3, 0.4) is 0 Å². The molecule has 0 N–H and O–H groups in total. The van der Waals surface area contributed by atoms with Crippen LogP contribution in [0.25, 0.3) is 11.1 Å². The lowest BCUT2D eigenvalue weighted by molar-refractivity contribution is 0.0366. The van der Waals surface area contributed by atoms with Gasteiger partial charge in [0.05, 0.1) is 6.61 Å². The van der Waals surface area contributed by atoms with Crippen molar-refractivity contribution in [1.29, 1.82) is 0 Å². The second-order valence-electron chi connectivity index (χ2n) is 9.40. The van der Waals surface area contributed by atoms with Crippen molar-refractivity contribution in [3.63, 3.8) is 0 Å². The van der Waals surface area contributed by atoms with E-state index in [0.717, 1.165) is 87.6 Å². The fraction of sp³-hybridized carbons (Fsp3) is 0.633. The first kappa shape index (κ1) is 28.3. The van der Waals surface area contributed by atoms with Crippen molar-refractivity contribution in [1.82, 2.24) is 4.98 Å². The van der Waals surface area contributed by atoms with Crippen molar-refractivity contribution in [2.24, 2.45) is 0 Å². The van der Waals surface area contributed by atoms with Crippen molar-refractivity contribution in [3.8, 4) is 28.5 Å². The quantitative estimate of drug-likeness (QED) is 0.175. The highest BCUT2D eigenvalue weighted by Crippen LogP contribution is 2.39. The Morgan fingerprint density at radius 2 is 1.33 bits per heavy atom. The second-order valence-corrected chi connectivity index (χ2v) is 9.40. The van der Waals surface area contributed by atoms with Crippen molar-refractivity contribution >= 4 is 0 Å². The molecule has 0 fully saturated rings. The number of ether oxygens (including phenoxy) is 5. The SMILES string of the molecule is CCCCCCOCCCCC1Oc2ccc(-c3ccc(OCCCCOCCCC)nc3)cc2O1. The third kappa shape index (κ3) is 10.4. The minimum Gasteiger partial charge on any atom is -0.478 e. The molecular weight excluding hydrogens is 454 g/mol. The molecule has 0 radical (unpaired) electrons. The summed E-state index contributed by atoms with van der Waals surface area (Å²) in [7, 11) is 0. The van der Waals surface area contributed by atoms with Crippen LogP contribution in [-0.4, -0.2) is 44.3 Å². The molecule has 1 aliphatic heterocycles. The minimum absolute atomic E-state index is 0.217. The van der Waals surface area contributed by atoms with Crippen molar-refractivity contribution in [2.45, 2.75) is 90.8 Å². The van der Waals surface area contributed by atoms with Gasteiger partial charge >= 0.3 is 0 Å². The molecule has 2 aromatic rings. The van der Waals surface area contributed by atoms with E-state index in [4.69, 9.17) is 23.7 Å². The van der Waals surface area contributed by atoms with Gasteiger partial charge in [-0.3, -0.25) is 0 Å². The lowest BCUT2D eigenvalue weighted by atomic mass is 10.1. The molecule has 1 unspecified atom stereocenters. The zero-order valence-electron chi connectivity index (χ0n) is 22.3. The van der Waals surface area contributed by atoms with Crippen molar-refractivity contribution in [2.75, 3.05) is 33.0 Å². The molecular formula is C30H45NO5. The van der Waals surface area contributed by atoms with Gasteiger partial charge in [0.1, 0.15) is 0 Å². The number of hydrogen-bond acceptors (Lipinski definition) is 6. The zero-order chi connectivity index (χ0) is 25.3. The van der Waals surface area contributed by atoms with E-state index in [2.05, 4.69) is 18.8 Å². The second kappa shape index (κ2) is 17.2. The Morgan fingerprint density at radius 3 is 2.08 bits per heavy atom. The van der Waals surface area contributed by atoms with Gasteiger partial charge in [-0.2, -0.15) is 0 Å². The van der Waals surface area contributed by atoms with E-state index in [1.54, 1.807) is 0 Å². The number of benzene rings is 1. The highest BCUT2D eigenvalue weighted by Gasteiger charge is 2.24. The molecule has 2 heterocycles. The maximum atomic E-state index is 6.05. The largest absolute Gasteiger partial charge is 0.478 e. The van der Waals surface area contributed by atoms with Crippen molar-refractivity contribution in [3.05, 3.63) is 36.5 Å². The van der Waals surface area contributed by atoms with E-state index in [1.807, 2.05) is 36.5 Å². The Balaban J connectivity index is 1.32. The van der Waals surface area contributed by atoms with Gasteiger partial charge in [-0.1, -0.05) is 45.6 Å². The van der Waals surface area contributed by atoms with Crippen LogP contribution >= 0.6 is 0 Å². The lowest BCUT2D eigenvalue weighted by Crippen LogP contribution is -2.17. The van der Waals surface area contributed by atoms with E-state index in [9.17, 15) is 0 Å². The summed E-state index contributed by atoms with van der Waals surface area (Å²) >= 11 is 0. The van der Waals surface area contributed by atoms with Gasteiger partial charge in [-0.15, -0.1) is 0 Å². The number of fused-ring (bicyclic) bond motifs is 1. The van der Waals surface area contributed by atoms with Crippen LogP contribution in [0.5, 0.6) is 17.4 Å². The normalized spacial score (nSPS) is 14.3. The Kier molecular flexibility index (Phi) is 13.5. The van der Waals surface area contributed by atoms with Gasteiger partial charge in [0.2, 0.25) is 12.2 Å². The lowest BCUT2D eigenvalue weighted by Gasteiger charge is -2.10. The van der Waals surface area contributed by atoms with Crippen molar-refractivity contribution < 1.29 is 23.7 Å². The summed E-state index contributed by atoms with van der Waals surface area (Å²) in [6.45, 7) is 8.40. The number of hydrogen-bond donors (Lipinski definition) is 0.